The molecule has 0 bridgehead atoms. The Balaban J connectivity index is 0.000000454. The maximum Gasteiger partial charge on any atom is 0.257 e. The van der Waals surface area contributed by atoms with Gasteiger partial charge in [-0.3, -0.25) is 4.18 Å². The van der Waals surface area contributed by atoms with Gasteiger partial charge < -0.3 is 5.21 Å². The minimum absolute atomic E-state index is 0.103. The lowest BCUT2D eigenvalue weighted by Crippen LogP contribution is -2.08. The number of hydrogen-bond acceptors (Lipinski definition) is 5. The van der Waals surface area contributed by atoms with Gasteiger partial charge in [-0.25, -0.2) is 17.2 Å². The summed E-state index contributed by atoms with van der Waals surface area (Å²) in [7, 11) is -2.61. The maximum atomic E-state index is 15.1. The van der Waals surface area contributed by atoms with Gasteiger partial charge in [-0.2, -0.15) is 0 Å². The molecule has 0 aliphatic rings. The van der Waals surface area contributed by atoms with E-state index in [0.29, 0.717) is 17.7 Å². The lowest BCUT2D eigenvalue weighted by atomic mass is 9.94. The highest BCUT2D eigenvalue weighted by Crippen LogP contribution is 2.33. The molecule has 4 aromatic rings. The summed E-state index contributed by atoms with van der Waals surface area (Å²) in [5, 5.41) is 16.1. The maximum absolute atomic E-state index is 15.1. The minimum Gasteiger partial charge on any atom is -0.411 e. The number of nitrogens with zero attached hydrogens (tertiary/aromatic N) is 1. The largest absolute Gasteiger partial charge is 0.411 e. The van der Waals surface area contributed by atoms with Gasteiger partial charge in [0.25, 0.3) is 11.0 Å². The van der Waals surface area contributed by atoms with E-state index in [2.05, 4.69) is 9.34 Å². The van der Waals surface area contributed by atoms with Crippen LogP contribution >= 0.6 is 0 Å². The van der Waals surface area contributed by atoms with Crippen LogP contribution in [0.25, 0.3) is 21.5 Å². The third-order valence-corrected chi connectivity index (χ3v) is 6.09. The van der Waals surface area contributed by atoms with Gasteiger partial charge in [0.1, 0.15) is 12.3 Å². The highest BCUT2D eigenvalue weighted by molar-refractivity contribution is 7.67. The van der Waals surface area contributed by atoms with Crippen LogP contribution in [0.15, 0.2) is 90.1 Å². The molecule has 2 atom stereocenters. The van der Waals surface area contributed by atoms with Gasteiger partial charge in [0.05, 0.1) is 12.3 Å². The van der Waals surface area contributed by atoms with Crippen LogP contribution in [0.2, 0.25) is 0 Å². The summed E-state index contributed by atoms with van der Waals surface area (Å²) in [5.41, 5.74) is 1.14. The summed E-state index contributed by atoms with van der Waals surface area (Å²) >= 11 is 0. The Morgan fingerprint density at radius 3 is 1.64 bits per heavy atom. The van der Waals surface area contributed by atoms with Gasteiger partial charge in [-0.15, -0.1) is 0 Å². The molecule has 0 radical (unpaired) electrons. The number of alkyl halides is 2. The van der Waals surface area contributed by atoms with Gasteiger partial charge >= 0.3 is 0 Å². The summed E-state index contributed by atoms with van der Waals surface area (Å²) in [6, 6.07) is 26.0. The zero-order chi connectivity index (χ0) is 25.9. The highest BCUT2D eigenvalue weighted by Gasteiger charge is 2.21. The van der Waals surface area contributed by atoms with Crippen molar-refractivity contribution in [1.29, 1.82) is 0 Å². The fourth-order valence-corrected chi connectivity index (χ4v) is 4.34. The summed E-state index contributed by atoms with van der Waals surface area (Å²) in [6.07, 6.45) is -2.34. The highest BCUT2D eigenvalue weighted by atomic mass is 32.2. The lowest BCUT2D eigenvalue weighted by molar-refractivity contribution is 0.296. The molecule has 0 aliphatic carbocycles. The van der Waals surface area contributed by atoms with E-state index in [1.54, 1.807) is 24.3 Å². The van der Waals surface area contributed by atoms with Crippen LogP contribution < -0.4 is 0 Å². The quantitative estimate of drug-likeness (QED) is 0.107. The second-order valence-corrected chi connectivity index (χ2v) is 8.91. The van der Waals surface area contributed by atoms with Gasteiger partial charge in [0.15, 0.2) is 0 Å². The van der Waals surface area contributed by atoms with Crippen molar-refractivity contribution in [2.45, 2.75) is 38.5 Å². The zero-order valence-corrected chi connectivity index (χ0v) is 20.8. The molecule has 2 unspecified atom stereocenters. The van der Waals surface area contributed by atoms with E-state index in [-0.39, 0.29) is 18.6 Å². The first-order valence-electron chi connectivity index (χ1n) is 11.6. The number of thiol groups is 1. The summed E-state index contributed by atoms with van der Waals surface area (Å²) in [5.74, 6) is 0. The average Bonchev–Trinajstić information content (AvgIpc) is 2.91. The van der Waals surface area contributed by atoms with Crippen molar-refractivity contribution in [3.8, 4) is 0 Å². The second-order valence-electron chi connectivity index (χ2n) is 8.20. The Bertz CT molecular complexity index is 1280. The van der Waals surface area contributed by atoms with Crippen molar-refractivity contribution < 1.29 is 26.6 Å². The van der Waals surface area contributed by atoms with Crippen molar-refractivity contribution in [3.05, 3.63) is 96.1 Å². The van der Waals surface area contributed by atoms with E-state index >= 15 is 8.78 Å². The lowest BCUT2D eigenvalue weighted by Gasteiger charge is -2.15. The zero-order valence-electron chi connectivity index (χ0n) is 19.9. The van der Waals surface area contributed by atoms with E-state index in [1.807, 2.05) is 67.6 Å². The average molecular weight is 514 g/mol. The molecule has 0 heterocycles. The molecule has 5 nitrogen and oxygen atoms in total. The first kappa shape index (κ1) is 27.2. The molecule has 4 aromatic carbocycles. The van der Waals surface area contributed by atoms with Crippen LogP contribution in [0.3, 0.4) is 0 Å². The molecule has 8 heteroatoms. The fraction of sp³-hybridized carbons (Fsp3) is 0.250. The molecular weight excluding hydrogens is 484 g/mol. The predicted octanol–water partition coefficient (Wildman–Crippen LogP) is 7.26. The molecule has 0 amide bonds. The van der Waals surface area contributed by atoms with E-state index in [9.17, 15) is 13.6 Å². The minimum atomic E-state index is -2.61. The number of hydrogen-bond donors (Lipinski definition) is 2. The van der Waals surface area contributed by atoms with Crippen molar-refractivity contribution in [3.63, 3.8) is 0 Å². The van der Waals surface area contributed by atoms with Crippen LogP contribution in [0, 0.1) is 0 Å². The third-order valence-electron chi connectivity index (χ3n) is 5.69. The molecule has 0 fully saturated rings. The first-order valence-corrected chi connectivity index (χ1v) is 12.7. The van der Waals surface area contributed by atoms with Crippen LogP contribution in [-0.4, -0.2) is 25.9 Å². The topological polar surface area (TPSA) is 76.0 Å². The molecule has 0 saturated heterocycles. The van der Waals surface area contributed by atoms with Gasteiger partial charge in [0.2, 0.25) is 0 Å². The molecule has 0 saturated carbocycles. The monoisotopic (exact) mass is 513 g/mol. The Hall–Kier alpha value is -3.36. The molecule has 0 spiro atoms. The molecular formula is C28H29F2NO4S. The van der Waals surface area contributed by atoms with Crippen molar-refractivity contribution in [2.75, 3.05) is 6.61 Å². The van der Waals surface area contributed by atoms with Crippen molar-refractivity contribution in [1.82, 2.24) is 0 Å². The van der Waals surface area contributed by atoms with Crippen LogP contribution in [0.5, 0.6) is 0 Å². The van der Waals surface area contributed by atoms with Gasteiger partial charge in [-0.1, -0.05) is 97.0 Å². The molecule has 1 N–H and O–H groups in total. The Morgan fingerprint density at radius 2 is 1.25 bits per heavy atom. The number of fused-ring (bicyclic) bond motifs is 2. The summed E-state index contributed by atoms with van der Waals surface area (Å²) in [6.45, 7) is 2.15. The normalized spacial score (nSPS) is 12.7. The molecule has 0 aromatic heterocycles. The van der Waals surface area contributed by atoms with Crippen molar-refractivity contribution >= 4 is 38.2 Å². The van der Waals surface area contributed by atoms with Gasteiger partial charge in [-0.05, 0) is 39.1 Å². The first-order chi connectivity index (χ1) is 17.4. The molecule has 190 valence electrons. The molecule has 36 heavy (non-hydrogen) atoms. The smallest absolute Gasteiger partial charge is 0.257 e. The Morgan fingerprint density at radius 1 is 0.806 bits per heavy atom. The number of benzene rings is 4. The third kappa shape index (κ3) is 7.32. The second kappa shape index (κ2) is 13.7. The number of oxime groups is 1. The van der Waals surface area contributed by atoms with Gasteiger partial charge in [0, 0.05) is 12.8 Å². The Kier molecular flexibility index (Phi) is 10.3. The summed E-state index contributed by atoms with van der Waals surface area (Å²) in [4.78, 5) is 0. The van der Waals surface area contributed by atoms with E-state index in [4.69, 9.17) is 0 Å². The molecule has 0 aliphatic heterocycles. The van der Waals surface area contributed by atoms with Crippen LogP contribution in [0.4, 0.5) is 8.78 Å². The predicted molar refractivity (Wildman–Crippen MR) is 141 cm³/mol. The standard InChI is InChI=1S/C25H21F2NO.C3H8O3S/c26-24(22-13-5-9-17-7-1-3-11-20(17)22)15-19(28-29)16-25(27)23-14-6-10-18-8-2-4-12-21(18)23;1-2-3-6-7(4)5/h1-14,24-25,29H,15-16H2;7H,2-3H2,1H3. The fourth-order valence-electron chi connectivity index (χ4n) is 4.01. The van der Waals surface area contributed by atoms with Crippen molar-refractivity contribution in [2.24, 2.45) is 5.16 Å². The number of halogens is 2. The Labute approximate surface area is 211 Å². The van der Waals surface area contributed by atoms with E-state index in [1.165, 1.54) is 0 Å². The van der Waals surface area contributed by atoms with Crippen LogP contribution in [-0.2, 0) is 15.2 Å². The summed E-state index contributed by atoms with van der Waals surface area (Å²) < 4.78 is 53.5. The van der Waals surface area contributed by atoms with E-state index < -0.39 is 23.3 Å². The SMILES string of the molecule is CCCO[SH](=O)=O.ON=C(CC(F)c1cccc2ccccc12)CC(F)c1cccc2ccccc12. The van der Waals surface area contributed by atoms with E-state index in [0.717, 1.165) is 28.0 Å². The van der Waals surface area contributed by atoms with Crippen LogP contribution in [0.1, 0.15) is 49.7 Å². The molecule has 4 rings (SSSR count). The number of rotatable bonds is 9.